The van der Waals surface area contributed by atoms with Crippen LogP contribution in [0.3, 0.4) is 0 Å². The molecule has 180 valence electrons. The van der Waals surface area contributed by atoms with Crippen molar-refractivity contribution in [2.45, 2.75) is 25.8 Å². The van der Waals surface area contributed by atoms with Crippen LogP contribution in [0.5, 0.6) is 5.75 Å². The Kier molecular flexibility index (Phi) is 6.55. The topological polar surface area (TPSA) is 73.7 Å². The fourth-order valence-corrected chi connectivity index (χ4v) is 5.54. The molecule has 0 saturated carbocycles. The lowest BCUT2D eigenvalue weighted by molar-refractivity contribution is 0.0517. The molecule has 1 amide bonds. The van der Waals surface area contributed by atoms with E-state index in [0.29, 0.717) is 25.4 Å². The maximum absolute atomic E-state index is 13.2. The number of fused-ring (bicyclic) bond motifs is 1. The molecule has 0 atom stereocenters. The SMILES string of the molecule is CCOC(=O)c1cc(-c2ccc(OC)cc2)n(C2CCN(C(=O)c3cc4ccccc4s3)CC2)n1. The number of esters is 1. The van der Waals surface area contributed by atoms with E-state index >= 15 is 0 Å². The van der Waals surface area contributed by atoms with Crippen molar-refractivity contribution in [2.75, 3.05) is 26.8 Å². The standard InChI is InChI=1S/C27H27N3O4S/c1-3-34-27(32)22-17-23(18-8-10-21(33-2)11-9-18)30(28-22)20-12-14-29(15-13-20)26(31)25-16-19-6-4-5-7-24(19)35-25/h4-11,16-17,20H,3,12-15H2,1-2H3. The van der Waals surface area contributed by atoms with Gasteiger partial charge in [-0.1, -0.05) is 18.2 Å². The van der Waals surface area contributed by atoms with Gasteiger partial charge in [-0.25, -0.2) is 4.79 Å². The first-order valence-electron chi connectivity index (χ1n) is 11.8. The van der Waals surface area contributed by atoms with Crippen molar-refractivity contribution in [3.8, 4) is 17.0 Å². The van der Waals surface area contributed by atoms with Crippen molar-refractivity contribution < 1.29 is 19.1 Å². The summed E-state index contributed by atoms with van der Waals surface area (Å²) in [5.74, 6) is 0.407. The van der Waals surface area contributed by atoms with Gasteiger partial charge in [0, 0.05) is 23.4 Å². The number of nitrogens with zero attached hydrogens (tertiary/aromatic N) is 3. The lowest BCUT2D eigenvalue weighted by Crippen LogP contribution is -2.39. The Hall–Kier alpha value is -3.65. The lowest BCUT2D eigenvalue weighted by atomic mass is 10.0. The largest absolute Gasteiger partial charge is 0.497 e. The van der Waals surface area contributed by atoms with Crippen LogP contribution in [0, 0.1) is 0 Å². The van der Waals surface area contributed by atoms with Crippen LogP contribution in [0.1, 0.15) is 46.0 Å². The number of likely N-dealkylation sites (tertiary alicyclic amines) is 1. The molecule has 0 spiro atoms. The number of carbonyl (C=O) groups is 2. The van der Waals surface area contributed by atoms with Gasteiger partial charge in [0.05, 0.1) is 30.3 Å². The predicted octanol–water partition coefficient (Wildman–Crippen LogP) is 5.43. The molecule has 0 unspecified atom stereocenters. The fraction of sp³-hybridized carbons (Fsp3) is 0.296. The lowest BCUT2D eigenvalue weighted by Gasteiger charge is -2.32. The minimum Gasteiger partial charge on any atom is -0.497 e. The molecule has 0 radical (unpaired) electrons. The zero-order chi connectivity index (χ0) is 24.4. The van der Waals surface area contributed by atoms with Crippen LogP contribution in [0.4, 0.5) is 0 Å². The van der Waals surface area contributed by atoms with E-state index in [2.05, 4.69) is 5.10 Å². The minimum absolute atomic E-state index is 0.0711. The van der Waals surface area contributed by atoms with E-state index < -0.39 is 5.97 Å². The highest BCUT2D eigenvalue weighted by Crippen LogP contribution is 2.32. The van der Waals surface area contributed by atoms with Gasteiger partial charge in [0.2, 0.25) is 0 Å². The van der Waals surface area contributed by atoms with Crippen LogP contribution in [-0.4, -0.2) is 53.4 Å². The van der Waals surface area contributed by atoms with Crippen molar-refractivity contribution in [3.63, 3.8) is 0 Å². The quantitative estimate of drug-likeness (QED) is 0.338. The summed E-state index contributed by atoms with van der Waals surface area (Å²) in [6, 6.07) is 19.6. The first-order chi connectivity index (χ1) is 17.1. The molecule has 0 bridgehead atoms. The highest BCUT2D eigenvalue weighted by Gasteiger charge is 2.29. The average molecular weight is 490 g/mol. The summed E-state index contributed by atoms with van der Waals surface area (Å²) in [4.78, 5) is 28.3. The van der Waals surface area contributed by atoms with Crippen LogP contribution in [0.2, 0.25) is 0 Å². The molecule has 1 fully saturated rings. The number of rotatable bonds is 6. The second kappa shape index (κ2) is 9.92. The maximum atomic E-state index is 13.2. The third kappa shape index (κ3) is 4.66. The van der Waals surface area contributed by atoms with E-state index in [1.807, 2.05) is 64.2 Å². The summed E-state index contributed by atoms with van der Waals surface area (Å²) >= 11 is 1.54. The van der Waals surface area contributed by atoms with Crippen molar-refractivity contribution in [1.82, 2.24) is 14.7 Å². The number of thiophene rings is 1. The molecule has 35 heavy (non-hydrogen) atoms. The summed E-state index contributed by atoms with van der Waals surface area (Å²) in [5.41, 5.74) is 2.09. The number of methoxy groups -OCH3 is 1. The number of hydrogen-bond acceptors (Lipinski definition) is 6. The summed E-state index contributed by atoms with van der Waals surface area (Å²) in [7, 11) is 1.63. The van der Waals surface area contributed by atoms with E-state index in [4.69, 9.17) is 9.47 Å². The number of piperidine rings is 1. The highest BCUT2D eigenvalue weighted by atomic mass is 32.1. The molecular formula is C27H27N3O4S. The van der Waals surface area contributed by atoms with E-state index in [1.54, 1.807) is 20.1 Å². The number of amides is 1. The third-order valence-corrected chi connectivity index (χ3v) is 7.44. The van der Waals surface area contributed by atoms with Crippen molar-refractivity contribution in [2.24, 2.45) is 0 Å². The van der Waals surface area contributed by atoms with Gasteiger partial charge >= 0.3 is 5.97 Å². The molecule has 1 aliphatic rings. The minimum atomic E-state index is -0.432. The summed E-state index contributed by atoms with van der Waals surface area (Å²) in [6.07, 6.45) is 1.51. The summed E-state index contributed by atoms with van der Waals surface area (Å²) in [6.45, 7) is 3.34. The smallest absolute Gasteiger partial charge is 0.358 e. The molecule has 2 aromatic heterocycles. The van der Waals surface area contributed by atoms with Crippen molar-refractivity contribution in [1.29, 1.82) is 0 Å². The number of aromatic nitrogens is 2. The number of benzene rings is 2. The zero-order valence-electron chi connectivity index (χ0n) is 19.8. The van der Waals surface area contributed by atoms with Crippen molar-refractivity contribution >= 4 is 33.3 Å². The Morgan fingerprint density at radius 1 is 1.06 bits per heavy atom. The second-order valence-corrected chi connectivity index (χ2v) is 9.56. The van der Waals surface area contributed by atoms with E-state index in [9.17, 15) is 9.59 Å². The van der Waals surface area contributed by atoms with E-state index in [1.165, 1.54) is 11.3 Å². The molecule has 2 aromatic carbocycles. The summed E-state index contributed by atoms with van der Waals surface area (Å²) < 4.78 is 13.5. The molecule has 4 aromatic rings. The van der Waals surface area contributed by atoms with Crippen LogP contribution in [0.25, 0.3) is 21.3 Å². The zero-order valence-corrected chi connectivity index (χ0v) is 20.6. The van der Waals surface area contributed by atoms with Gasteiger partial charge in [0.15, 0.2) is 5.69 Å². The number of ether oxygens (including phenoxy) is 2. The first kappa shape index (κ1) is 23.1. The molecule has 0 N–H and O–H groups in total. The maximum Gasteiger partial charge on any atom is 0.358 e. The molecule has 5 rings (SSSR count). The fourth-order valence-electron chi connectivity index (χ4n) is 4.51. The van der Waals surface area contributed by atoms with Crippen LogP contribution >= 0.6 is 11.3 Å². The highest BCUT2D eigenvalue weighted by molar-refractivity contribution is 7.20. The molecule has 1 saturated heterocycles. The van der Waals surface area contributed by atoms with Gasteiger partial charge in [-0.15, -0.1) is 11.3 Å². The number of carbonyl (C=O) groups excluding carboxylic acids is 2. The molecule has 7 nitrogen and oxygen atoms in total. The first-order valence-corrected chi connectivity index (χ1v) is 12.6. The number of hydrogen-bond donors (Lipinski definition) is 0. The Morgan fingerprint density at radius 2 is 1.80 bits per heavy atom. The van der Waals surface area contributed by atoms with Gasteiger partial charge in [0.1, 0.15) is 5.75 Å². The Bertz CT molecular complexity index is 1320. The van der Waals surface area contributed by atoms with Crippen LogP contribution in [-0.2, 0) is 4.74 Å². The van der Waals surface area contributed by atoms with E-state index in [-0.39, 0.29) is 11.9 Å². The monoisotopic (exact) mass is 489 g/mol. The van der Waals surface area contributed by atoms with Gasteiger partial charge < -0.3 is 14.4 Å². The second-order valence-electron chi connectivity index (χ2n) is 8.48. The molecule has 0 aliphatic carbocycles. The molecule has 1 aliphatic heterocycles. The Balaban J connectivity index is 1.36. The average Bonchev–Trinajstić information content (AvgIpc) is 3.54. The van der Waals surface area contributed by atoms with Gasteiger partial charge in [-0.05, 0) is 67.6 Å². The van der Waals surface area contributed by atoms with Crippen LogP contribution < -0.4 is 4.74 Å². The molecule has 8 heteroatoms. The Labute approximate surface area is 207 Å². The van der Waals surface area contributed by atoms with Gasteiger partial charge in [-0.2, -0.15) is 5.10 Å². The predicted molar refractivity (Wildman–Crippen MR) is 136 cm³/mol. The van der Waals surface area contributed by atoms with Gasteiger partial charge in [0.25, 0.3) is 5.91 Å². The van der Waals surface area contributed by atoms with Gasteiger partial charge in [-0.3, -0.25) is 9.48 Å². The van der Waals surface area contributed by atoms with Crippen LogP contribution in [0.15, 0.2) is 60.7 Å². The molecule has 3 heterocycles. The summed E-state index contributed by atoms with van der Waals surface area (Å²) in [5, 5.41) is 5.74. The van der Waals surface area contributed by atoms with E-state index in [0.717, 1.165) is 44.8 Å². The normalized spacial score (nSPS) is 14.3. The van der Waals surface area contributed by atoms with Crippen molar-refractivity contribution in [3.05, 3.63) is 71.2 Å². The third-order valence-electron chi connectivity index (χ3n) is 6.34. The molecular weight excluding hydrogens is 462 g/mol. The Morgan fingerprint density at radius 3 is 2.49 bits per heavy atom.